The third-order valence-corrected chi connectivity index (χ3v) is 2.94. The second-order valence-electron chi connectivity index (χ2n) is 3.49. The van der Waals surface area contributed by atoms with Gasteiger partial charge in [-0.2, -0.15) is 11.3 Å². The van der Waals surface area contributed by atoms with Gasteiger partial charge in [-0.15, -0.1) is 0 Å². The van der Waals surface area contributed by atoms with E-state index < -0.39 is 17.6 Å². The number of imide groups is 1. The summed E-state index contributed by atoms with van der Waals surface area (Å²) in [5, 5.41) is 5.32. The quantitative estimate of drug-likeness (QED) is 0.676. The molecule has 2 rings (SSSR count). The largest absolute Gasteiger partial charge is 0.299 e. The van der Waals surface area contributed by atoms with Crippen molar-refractivity contribution in [3.05, 3.63) is 58.3 Å². The van der Waals surface area contributed by atoms with Crippen LogP contribution in [0.4, 0.5) is 0 Å². The smallest absolute Gasteiger partial charge is 0.285 e. The minimum Gasteiger partial charge on any atom is -0.285 e. The minimum atomic E-state index is -0.915. The molecule has 0 aliphatic rings. The SMILES string of the molecule is O=C(NC(=O)c1ccccc1)C(=O)c1ccsc1. The Morgan fingerprint density at radius 3 is 2.28 bits per heavy atom. The molecule has 1 N–H and O–H groups in total. The van der Waals surface area contributed by atoms with Crippen LogP contribution in [0.2, 0.25) is 0 Å². The van der Waals surface area contributed by atoms with Gasteiger partial charge in [-0.25, -0.2) is 0 Å². The van der Waals surface area contributed by atoms with Gasteiger partial charge < -0.3 is 0 Å². The van der Waals surface area contributed by atoms with Crippen LogP contribution in [0.15, 0.2) is 47.2 Å². The summed E-state index contributed by atoms with van der Waals surface area (Å²) in [5.41, 5.74) is 0.627. The van der Waals surface area contributed by atoms with Gasteiger partial charge in [-0.05, 0) is 23.6 Å². The molecule has 0 radical (unpaired) electrons. The number of rotatable bonds is 3. The molecule has 0 spiro atoms. The monoisotopic (exact) mass is 259 g/mol. The zero-order valence-corrected chi connectivity index (χ0v) is 10.1. The van der Waals surface area contributed by atoms with Crippen molar-refractivity contribution in [2.75, 3.05) is 0 Å². The van der Waals surface area contributed by atoms with Crippen molar-refractivity contribution < 1.29 is 14.4 Å². The van der Waals surface area contributed by atoms with Crippen LogP contribution in [-0.2, 0) is 4.79 Å². The highest BCUT2D eigenvalue weighted by atomic mass is 32.1. The van der Waals surface area contributed by atoms with Crippen molar-refractivity contribution >= 4 is 28.9 Å². The molecular weight excluding hydrogens is 250 g/mol. The minimum absolute atomic E-state index is 0.290. The number of thiophene rings is 1. The first kappa shape index (κ1) is 12.2. The van der Waals surface area contributed by atoms with Gasteiger partial charge in [-0.1, -0.05) is 18.2 Å². The third-order valence-electron chi connectivity index (χ3n) is 2.25. The fourth-order valence-electron chi connectivity index (χ4n) is 1.35. The number of carbonyl (C=O) groups is 3. The van der Waals surface area contributed by atoms with Gasteiger partial charge in [0, 0.05) is 16.5 Å². The number of ketones is 1. The van der Waals surface area contributed by atoms with Crippen LogP contribution in [0, 0.1) is 0 Å². The topological polar surface area (TPSA) is 63.2 Å². The predicted octanol–water partition coefficient (Wildman–Crippen LogP) is 1.89. The highest BCUT2D eigenvalue weighted by Gasteiger charge is 2.19. The molecule has 2 amide bonds. The maximum Gasteiger partial charge on any atom is 0.299 e. The number of carbonyl (C=O) groups excluding carboxylic acids is 3. The molecule has 0 fully saturated rings. The van der Waals surface area contributed by atoms with E-state index in [1.807, 2.05) is 0 Å². The molecule has 1 heterocycles. The Labute approximate surface area is 107 Å². The maximum absolute atomic E-state index is 11.6. The molecule has 1 aromatic heterocycles. The molecular formula is C13H9NO3S. The molecule has 90 valence electrons. The average molecular weight is 259 g/mol. The molecule has 5 heteroatoms. The Morgan fingerprint density at radius 1 is 0.944 bits per heavy atom. The van der Waals surface area contributed by atoms with Crippen molar-refractivity contribution in [1.29, 1.82) is 0 Å². The molecule has 0 unspecified atom stereocenters. The van der Waals surface area contributed by atoms with Gasteiger partial charge in [-0.3, -0.25) is 19.7 Å². The van der Waals surface area contributed by atoms with Crippen molar-refractivity contribution in [2.24, 2.45) is 0 Å². The Balaban J connectivity index is 2.04. The van der Waals surface area contributed by atoms with Crippen LogP contribution in [0.25, 0.3) is 0 Å². The van der Waals surface area contributed by atoms with Crippen LogP contribution in [0.3, 0.4) is 0 Å². The summed E-state index contributed by atoms with van der Waals surface area (Å²) >= 11 is 1.31. The number of amides is 2. The first-order valence-corrected chi connectivity index (χ1v) is 6.10. The molecule has 0 aliphatic heterocycles. The number of hydrogen-bond donors (Lipinski definition) is 1. The van der Waals surface area contributed by atoms with E-state index in [0.29, 0.717) is 11.1 Å². The van der Waals surface area contributed by atoms with Gasteiger partial charge in [0.15, 0.2) is 0 Å². The van der Waals surface area contributed by atoms with Gasteiger partial charge in [0.1, 0.15) is 0 Å². The lowest BCUT2D eigenvalue weighted by Crippen LogP contribution is -2.35. The molecule has 1 aromatic carbocycles. The number of hydrogen-bond acceptors (Lipinski definition) is 4. The van der Waals surface area contributed by atoms with Gasteiger partial charge in [0.2, 0.25) is 0 Å². The second-order valence-corrected chi connectivity index (χ2v) is 4.27. The fraction of sp³-hybridized carbons (Fsp3) is 0. The fourth-order valence-corrected chi connectivity index (χ4v) is 1.98. The van der Waals surface area contributed by atoms with E-state index in [1.165, 1.54) is 11.3 Å². The Bertz CT molecular complexity index is 576. The lowest BCUT2D eigenvalue weighted by atomic mass is 10.2. The maximum atomic E-state index is 11.6. The summed E-state index contributed by atoms with van der Waals surface area (Å²) in [6, 6.07) is 9.80. The van der Waals surface area contributed by atoms with Gasteiger partial charge in [0.05, 0.1) is 0 Å². The highest BCUT2D eigenvalue weighted by molar-refractivity contribution is 7.08. The van der Waals surface area contributed by atoms with E-state index in [-0.39, 0.29) is 0 Å². The summed E-state index contributed by atoms with van der Waals surface area (Å²) < 4.78 is 0. The Morgan fingerprint density at radius 2 is 1.67 bits per heavy atom. The van der Waals surface area contributed by atoms with E-state index >= 15 is 0 Å². The van der Waals surface area contributed by atoms with Crippen LogP contribution >= 0.6 is 11.3 Å². The van der Waals surface area contributed by atoms with Gasteiger partial charge >= 0.3 is 0 Å². The molecule has 0 saturated carbocycles. The Hall–Kier alpha value is -2.27. The molecule has 2 aromatic rings. The van der Waals surface area contributed by atoms with Crippen LogP contribution in [0.1, 0.15) is 20.7 Å². The summed E-state index contributed by atoms with van der Waals surface area (Å²) in [7, 11) is 0. The molecule has 0 saturated heterocycles. The van der Waals surface area contributed by atoms with E-state index in [4.69, 9.17) is 0 Å². The standard InChI is InChI=1S/C13H9NO3S/c15-11(10-6-7-18-8-10)13(17)14-12(16)9-4-2-1-3-5-9/h1-8H,(H,14,16,17). The zero-order valence-electron chi connectivity index (χ0n) is 9.25. The average Bonchev–Trinajstić information content (AvgIpc) is 2.92. The highest BCUT2D eigenvalue weighted by Crippen LogP contribution is 2.07. The van der Waals surface area contributed by atoms with E-state index in [2.05, 4.69) is 5.32 Å². The van der Waals surface area contributed by atoms with Crippen molar-refractivity contribution in [3.8, 4) is 0 Å². The first-order valence-electron chi connectivity index (χ1n) is 5.16. The summed E-state index contributed by atoms with van der Waals surface area (Å²) in [6.45, 7) is 0. The van der Waals surface area contributed by atoms with E-state index in [1.54, 1.807) is 47.2 Å². The summed E-state index contributed by atoms with van der Waals surface area (Å²) in [4.78, 5) is 34.8. The van der Waals surface area contributed by atoms with Crippen molar-refractivity contribution in [3.63, 3.8) is 0 Å². The normalized spacial score (nSPS) is 9.78. The number of benzene rings is 1. The van der Waals surface area contributed by atoms with E-state index in [9.17, 15) is 14.4 Å². The van der Waals surface area contributed by atoms with E-state index in [0.717, 1.165) is 0 Å². The molecule has 0 bridgehead atoms. The molecule has 18 heavy (non-hydrogen) atoms. The predicted molar refractivity (Wildman–Crippen MR) is 67.6 cm³/mol. The number of Topliss-reactive ketones (excluding diaryl/α,β-unsaturated/α-hetero) is 1. The lowest BCUT2D eigenvalue weighted by Gasteiger charge is -2.02. The van der Waals surface area contributed by atoms with Crippen LogP contribution < -0.4 is 5.32 Å². The Kier molecular flexibility index (Phi) is 3.64. The lowest BCUT2D eigenvalue weighted by molar-refractivity contribution is -0.116. The van der Waals surface area contributed by atoms with Gasteiger partial charge in [0.25, 0.3) is 17.6 Å². The second kappa shape index (κ2) is 5.37. The summed E-state index contributed by atoms with van der Waals surface area (Å²) in [6.07, 6.45) is 0. The van der Waals surface area contributed by atoms with Crippen LogP contribution in [0.5, 0.6) is 0 Å². The summed E-state index contributed by atoms with van der Waals surface area (Å²) in [5.74, 6) is -2.20. The third kappa shape index (κ3) is 2.70. The first-order chi connectivity index (χ1) is 8.68. The molecule has 0 aliphatic carbocycles. The number of nitrogens with one attached hydrogen (secondary N) is 1. The van der Waals surface area contributed by atoms with Crippen LogP contribution in [-0.4, -0.2) is 17.6 Å². The van der Waals surface area contributed by atoms with Crippen molar-refractivity contribution in [2.45, 2.75) is 0 Å². The zero-order chi connectivity index (χ0) is 13.0. The molecule has 4 nitrogen and oxygen atoms in total. The van der Waals surface area contributed by atoms with Crippen molar-refractivity contribution in [1.82, 2.24) is 5.32 Å². The molecule has 0 atom stereocenters.